The highest BCUT2D eigenvalue weighted by Gasteiger charge is 2.35. The van der Waals surface area contributed by atoms with Crippen molar-refractivity contribution in [2.24, 2.45) is 0 Å². The van der Waals surface area contributed by atoms with Crippen LogP contribution in [0.2, 0.25) is 0 Å². The van der Waals surface area contributed by atoms with Gasteiger partial charge in [-0.15, -0.1) is 0 Å². The van der Waals surface area contributed by atoms with Gasteiger partial charge < -0.3 is 33.3 Å². The molecule has 0 bridgehead atoms. The van der Waals surface area contributed by atoms with Crippen LogP contribution in [0.25, 0.3) is 0 Å². The predicted molar refractivity (Wildman–Crippen MR) is 130 cm³/mol. The zero-order chi connectivity index (χ0) is 24.9. The minimum Gasteiger partial charge on any atom is -0.489 e. The van der Waals surface area contributed by atoms with Crippen molar-refractivity contribution in [2.75, 3.05) is 32.8 Å². The third-order valence-electron chi connectivity index (χ3n) is 5.59. The second kappa shape index (κ2) is 10.5. The molecule has 2 aliphatic rings. The van der Waals surface area contributed by atoms with Crippen LogP contribution in [0.4, 0.5) is 0 Å². The first-order chi connectivity index (χ1) is 16.8. The molecule has 35 heavy (non-hydrogen) atoms. The Hall–Kier alpha value is -3.31. The van der Waals surface area contributed by atoms with Crippen LogP contribution >= 0.6 is 0 Å². The smallest absolute Gasteiger partial charge is 0.246 e. The quantitative estimate of drug-likeness (QED) is 0.384. The molecule has 0 saturated carbocycles. The van der Waals surface area contributed by atoms with Gasteiger partial charge >= 0.3 is 0 Å². The summed E-state index contributed by atoms with van der Waals surface area (Å²) in [6, 6.07) is 13.6. The van der Waals surface area contributed by atoms with Crippen LogP contribution in [0.3, 0.4) is 0 Å². The predicted octanol–water partition coefficient (Wildman–Crippen LogP) is 5.15. The number of benzene rings is 2. The molecular formula is C27H34N2O6. The fourth-order valence-electron chi connectivity index (χ4n) is 4.13. The van der Waals surface area contributed by atoms with E-state index in [2.05, 4.69) is 11.0 Å². The van der Waals surface area contributed by atoms with Crippen molar-refractivity contribution in [3.8, 4) is 40.6 Å². The van der Waals surface area contributed by atoms with E-state index in [1.807, 2.05) is 64.1 Å². The summed E-state index contributed by atoms with van der Waals surface area (Å²) in [6.45, 7) is 11.0. The average Bonchev–Trinajstić information content (AvgIpc) is 3.30. The van der Waals surface area contributed by atoms with Gasteiger partial charge in [-0.3, -0.25) is 0 Å². The van der Waals surface area contributed by atoms with Crippen molar-refractivity contribution in [3.05, 3.63) is 36.4 Å². The van der Waals surface area contributed by atoms with Crippen LogP contribution in [0.15, 0.2) is 36.4 Å². The Labute approximate surface area is 207 Å². The van der Waals surface area contributed by atoms with E-state index in [0.29, 0.717) is 60.7 Å². The van der Waals surface area contributed by atoms with Crippen LogP contribution in [0, 0.1) is 11.3 Å². The third kappa shape index (κ3) is 6.43. The zero-order valence-electron chi connectivity index (χ0n) is 21.0. The molecule has 2 aromatic carbocycles. The van der Waals surface area contributed by atoms with Gasteiger partial charge in [-0.2, -0.15) is 5.26 Å². The van der Waals surface area contributed by atoms with Crippen LogP contribution in [-0.4, -0.2) is 49.3 Å². The number of nitriles is 1. The number of hydrogen-bond acceptors (Lipinski definition) is 8. The number of ether oxygens (including phenoxy) is 6. The van der Waals surface area contributed by atoms with Crippen LogP contribution < -0.4 is 28.4 Å². The van der Waals surface area contributed by atoms with Crippen LogP contribution in [0.1, 0.15) is 47.0 Å². The minimum absolute atomic E-state index is 0.487. The Morgan fingerprint density at radius 3 is 1.69 bits per heavy atom. The van der Waals surface area contributed by atoms with E-state index in [9.17, 15) is 0 Å². The molecule has 0 unspecified atom stereocenters. The molecule has 0 spiro atoms. The molecule has 8 nitrogen and oxygen atoms in total. The summed E-state index contributed by atoms with van der Waals surface area (Å²) in [4.78, 5) is 2.27. The second-order valence-electron chi connectivity index (χ2n) is 9.53. The number of rotatable bonds is 12. The van der Waals surface area contributed by atoms with E-state index in [1.54, 1.807) is 0 Å². The van der Waals surface area contributed by atoms with Gasteiger partial charge in [0.05, 0.1) is 19.3 Å². The van der Waals surface area contributed by atoms with E-state index < -0.39 is 11.6 Å². The van der Waals surface area contributed by atoms with E-state index in [-0.39, 0.29) is 0 Å². The molecule has 4 rings (SSSR count). The number of para-hydroxylation sites is 2. The van der Waals surface area contributed by atoms with Gasteiger partial charge in [0.1, 0.15) is 0 Å². The maximum absolute atomic E-state index is 9.04. The van der Waals surface area contributed by atoms with Gasteiger partial charge in [-0.05, 0) is 37.1 Å². The summed E-state index contributed by atoms with van der Waals surface area (Å²) in [5, 5.41) is 9.04. The van der Waals surface area contributed by atoms with Gasteiger partial charge in [-0.25, -0.2) is 0 Å². The second-order valence-corrected chi connectivity index (χ2v) is 9.53. The highest BCUT2D eigenvalue weighted by molar-refractivity contribution is 5.54. The molecule has 188 valence electrons. The van der Waals surface area contributed by atoms with Crippen molar-refractivity contribution in [3.63, 3.8) is 0 Å². The first kappa shape index (κ1) is 24.8. The molecule has 0 amide bonds. The summed E-state index contributed by atoms with van der Waals surface area (Å²) < 4.78 is 35.3. The van der Waals surface area contributed by atoms with E-state index in [4.69, 9.17) is 33.7 Å². The maximum atomic E-state index is 9.04. The molecule has 2 aromatic rings. The molecule has 8 heteroatoms. The molecule has 2 aliphatic heterocycles. The maximum Gasteiger partial charge on any atom is 0.246 e. The normalized spacial score (nSPS) is 16.2. The summed E-state index contributed by atoms with van der Waals surface area (Å²) in [7, 11) is 0. The molecule has 2 heterocycles. The molecule has 0 N–H and O–H groups in total. The van der Waals surface area contributed by atoms with Crippen molar-refractivity contribution in [1.82, 2.24) is 4.90 Å². The standard InChI is InChI=1S/C27H34N2O6/c1-26(2)32-22-12-5-10-20(24(22)34-26)30-18-8-16-29(15-7-14-28)17-9-19-31-21-11-6-13-23-25(21)35-27(3,4)33-23/h5-6,10-13H,7-9,15-19H2,1-4H3. The van der Waals surface area contributed by atoms with Gasteiger partial charge in [-0.1, -0.05) is 12.1 Å². The summed E-state index contributed by atoms with van der Waals surface area (Å²) >= 11 is 0. The van der Waals surface area contributed by atoms with Crippen molar-refractivity contribution in [2.45, 2.75) is 58.5 Å². The Bertz CT molecular complexity index is 987. The topological polar surface area (TPSA) is 82.4 Å². The highest BCUT2D eigenvalue weighted by Crippen LogP contribution is 2.46. The van der Waals surface area contributed by atoms with Gasteiger partial charge in [0.2, 0.25) is 23.1 Å². The number of nitrogens with zero attached hydrogens (tertiary/aromatic N) is 2. The van der Waals surface area contributed by atoms with Crippen LogP contribution in [0.5, 0.6) is 34.5 Å². The first-order valence-corrected chi connectivity index (χ1v) is 12.1. The lowest BCUT2D eigenvalue weighted by molar-refractivity contribution is -0.0446. The molecule has 0 aromatic heterocycles. The van der Waals surface area contributed by atoms with Gasteiger partial charge in [0.25, 0.3) is 0 Å². The lowest BCUT2D eigenvalue weighted by Gasteiger charge is -2.21. The average molecular weight is 483 g/mol. The van der Waals surface area contributed by atoms with Crippen LogP contribution in [-0.2, 0) is 0 Å². The van der Waals surface area contributed by atoms with E-state index in [0.717, 1.165) is 25.9 Å². The minimum atomic E-state index is -0.687. The van der Waals surface area contributed by atoms with Crippen molar-refractivity contribution in [1.29, 1.82) is 5.26 Å². The third-order valence-corrected chi connectivity index (χ3v) is 5.59. The Morgan fingerprint density at radius 1 is 0.743 bits per heavy atom. The fraction of sp³-hybridized carbons (Fsp3) is 0.519. The monoisotopic (exact) mass is 482 g/mol. The van der Waals surface area contributed by atoms with Crippen molar-refractivity contribution < 1.29 is 28.4 Å². The molecule has 0 atom stereocenters. The summed E-state index contributed by atoms with van der Waals surface area (Å²) in [6.07, 6.45) is 2.14. The Kier molecular flexibility index (Phi) is 7.46. The SMILES string of the molecule is CC1(C)Oc2cccc(OCCCN(CCC#N)CCCOc3cccc4c3OC(C)(C)O4)c2O1. The highest BCUT2D eigenvalue weighted by atomic mass is 16.7. The fourth-order valence-corrected chi connectivity index (χ4v) is 4.13. The molecule has 0 aliphatic carbocycles. The largest absolute Gasteiger partial charge is 0.489 e. The van der Waals surface area contributed by atoms with Gasteiger partial charge in [0, 0.05) is 53.8 Å². The van der Waals surface area contributed by atoms with Crippen molar-refractivity contribution >= 4 is 0 Å². The first-order valence-electron chi connectivity index (χ1n) is 12.1. The number of fused-ring (bicyclic) bond motifs is 2. The summed E-state index contributed by atoms with van der Waals surface area (Å²) in [5.41, 5.74) is 0. The Morgan fingerprint density at radius 2 is 1.23 bits per heavy atom. The lowest BCUT2D eigenvalue weighted by atomic mass is 10.3. The molecule has 0 saturated heterocycles. The summed E-state index contributed by atoms with van der Waals surface area (Å²) in [5.74, 6) is 2.72. The molecule has 0 radical (unpaired) electrons. The molecule has 0 fully saturated rings. The zero-order valence-corrected chi connectivity index (χ0v) is 21.0. The van der Waals surface area contributed by atoms with E-state index in [1.165, 1.54) is 0 Å². The number of hydrogen-bond donors (Lipinski definition) is 0. The van der Waals surface area contributed by atoms with Gasteiger partial charge in [0.15, 0.2) is 23.0 Å². The Balaban J connectivity index is 1.21. The molecular weight excluding hydrogens is 448 g/mol. The van der Waals surface area contributed by atoms with E-state index >= 15 is 0 Å². The lowest BCUT2D eigenvalue weighted by Crippen LogP contribution is -2.30.